The number of rotatable bonds is 10. The van der Waals surface area contributed by atoms with Gasteiger partial charge in [0.2, 0.25) is 0 Å². The van der Waals surface area contributed by atoms with E-state index in [9.17, 15) is 5.11 Å². The van der Waals surface area contributed by atoms with E-state index < -0.39 is 0 Å². The van der Waals surface area contributed by atoms with E-state index in [-0.39, 0.29) is 5.75 Å². The van der Waals surface area contributed by atoms with Gasteiger partial charge in [0.05, 0.1) is 0 Å². The molecule has 0 unspecified atom stereocenters. The maximum Gasteiger partial charge on any atom is 0.172 e. The Kier molecular flexibility index (Phi) is 7.67. The van der Waals surface area contributed by atoms with Crippen LogP contribution in [0.1, 0.15) is 63.5 Å². The van der Waals surface area contributed by atoms with Crippen molar-refractivity contribution < 1.29 is 9.84 Å². The number of hydrogen-bond acceptors (Lipinski definition) is 2. The third-order valence-electron chi connectivity index (χ3n) is 4.38. The van der Waals surface area contributed by atoms with Gasteiger partial charge in [-0.15, -0.1) is 0 Å². The van der Waals surface area contributed by atoms with Crippen LogP contribution in [0, 0.1) is 0 Å². The average Bonchev–Trinajstić information content (AvgIpc) is 2.60. The molecular formula is C22H30O2. The standard InChI is InChI=1S/C22H30O2/c1-3-5-8-12-18-16-17-21(23)22(20(18)15-9-6-4-2)24-19-13-10-7-11-14-19/h7,10-11,13-14,16-17,23H,3-6,8-9,12,15H2,1-2H3. The molecule has 0 spiro atoms. The summed E-state index contributed by atoms with van der Waals surface area (Å²) in [6, 6.07) is 13.6. The molecule has 2 aromatic carbocycles. The zero-order chi connectivity index (χ0) is 17.2. The minimum absolute atomic E-state index is 0.240. The molecule has 0 fully saturated rings. The monoisotopic (exact) mass is 326 g/mol. The fourth-order valence-corrected chi connectivity index (χ4v) is 3.00. The molecule has 0 radical (unpaired) electrons. The molecule has 0 saturated heterocycles. The molecule has 0 aromatic heterocycles. The predicted octanol–water partition coefficient (Wildman–Crippen LogP) is 6.65. The van der Waals surface area contributed by atoms with Crippen LogP contribution in [-0.2, 0) is 12.8 Å². The first-order chi connectivity index (χ1) is 11.8. The summed E-state index contributed by atoms with van der Waals surface area (Å²) < 4.78 is 6.07. The number of phenols is 1. The van der Waals surface area contributed by atoms with Gasteiger partial charge in [0.15, 0.2) is 11.5 Å². The Morgan fingerprint density at radius 1 is 0.792 bits per heavy atom. The number of para-hydroxylation sites is 1. The zero-order valence-electron chi connectivity index (χ0n) is 15.1. The van der Waals surface area contributed by atoms with Gasteiger partial charge < -0.3 is 9.84 Å². The number of aromatic hydroxyl groups is 1. The van der Waals surface area contributed by atoms with Gasteiger partial charge in [-0.1, -0.05) is 63.8 Å². The van der Waals surface area contributed by atoms with Crippen molar-refractivity contribution in [3.05, 3.63) is 53.6 Å². The summed E-state index contributed by atoms with van der Waals surface area (Å²) in [5.74, 6) is 1.66. The minimum atomic E-state index is 0.240. The van der Waals surface area contributed by atoms with Crippen molar-refractivity contribution in [1.82, 2.24) is 0 Å². The van der Waals surface area contributed by atoms with Crippen LogP contribution >= 0.6 is 0 Å². The second-order valence-electron chi connectivity index (χ2n) is 6.38. The molecule has 2 nitrogen and oxygen atoms in total. The molecule has 0 aliphatic carbocycles. The lowest BCUT2D eigenvalue weighted by Gasteiger charge is -2.17. The van der Waals surface area contributed by atoms with E-state index in [0.717, 1.165) is 25.0 Å². The summed E-state index contributed by atoms with van der Waals surface area (Å²) in [4.78, 5) is 0. The number of phenolic OH excluding ortho intramolecular Hbond substituents is 1. The summed E-state index contributed by atoms with van der Waals surface area (Å²) in [7, 11) is 0. The summed E-state index contributed by atoms with van der Waals surface area (Å²) in [6.07, 6.45) is 9.19. The lowest BCUT2D eigenvalue weighted by atomic mass is 9.95. The van der Waals surface area contributed by atoms with Gasteiger partial charge >= 0.3 is 0 Å². The molecule has 0 atom stereocenters. The number of benzene rings is 2. The first-order valence-electron chi connectivity index (χ1n) is 9.32. The van der Waals surface area contributed by atoms with E-state index in [2.05, 4.69) is 19.9 Å². The van der Waals surface area contributed by atoms with Crippen LogP contribution < -0.4 is 4.74 Å². The summed E-state index contributed by atoms with van der Waals surface area (Å²) in [6.45, 7) is 4.44. The number of ether oxygens (including phenoxy) is 1. The van der Waals surface area contributed by atoms with Crippen molar-refractivity contribution in [3.63, 3.8) is 0 Å². The van der Waals surface area contributed by atoms with E-state index in [1.807, 2.05) is 30.3 Å². The van der Waals surface area contributed by atoms with Crippen molar-refractivity contribution in [2.45, 2.75) is 65.2 Å². The first kappa shape index (κ1) is 18.4. The molecule has 0 heterocycles. The summed E-state index contributed by atoms with van der Waals surface area (Å²) in [5, 5.41) is 10.4. The van der Waals surface area contributed by atoms with Crippen LogP contribution in [0.25, 0.3) is 0 Å². The van der Waals surface area contributed by atoms with E-state index in [1.54, 1.807) is 6.07 Å². The second kappa shape index (κ2) is 10.0. The summed E-state index contributed by atoms with van der Waals surface area (Å²) in [5.41, 5.74) is 2.51. The maximum atomic E-state index is 10.4. The van der Waals surface area contributed by atoms with Crippen molar-refractivity contribution in [3.8, 4) is 17.2 Å². The van der Waals surface area contributed by atoms with Gasteiger partial charge in [0, 0.05) is 5.56 Å². The van der Waals surface area contributed by atoms with E-state index in [4.69, 9.17) is 4.74 Å². The molecule has 0 bridgehead atoms. The highest BCUT2D eigenvalue weighted by atomic mass is 16.5. The lowest BCUT2D eigenvalue weighted by molar-refractivity contribution is 0.405. The van der Waals surface area contributed by atoms with Crippen molar-refractivity contribution in [2.24, 2.45) is 0 Å². The Labute approximate surface area is 146 Å². The van der Waals surface area contributed by atoms with E-state index >= 15 is 0 Å². The molecular weight excluding hydrogens is 296 g/mol. The van der Waals surface area contributed by atoms with Gasteiger partial charge in [0.1, 0.15) is 5.75 Å². The Balaban J connectivity index is 2.28. The van der Waals surface area contributed by atoms with Crippen LogP contribution in [0.2, 0.25) is 0 Å². The van der Waals surface area contributed by atoms with E-state index in [1.165, 1.54) is 43.2 Å². The maximum absolute atomic E-state index is 10.4. The molecule has 2 heteroatoms. The first-order valence-corrected chi connectivity index (χ1v) is 9.32. The Morgan fingerprint density at radius 3 is 2.12 bits per heavy atom. The molecule has 2 aromatic rings. The second-order valence-corrected chi connectivity index (χ2v) is 6.38. The molecule has 0 aliphatic heterocycles. The highest BCUT2D eigenvalue weighted by Crippen LogP contribution is 2.38. The molecule has 130 valence electrons. The molecule has 1 N–H and O–H groups in total. The van der Waals surface area contributed by atoms with Gasteiger partial charge in [-0.2, -0.15) is 0 Å². The molecule has 0 amide bonds. The Bertz CT molecular complexity index is 605. The Morgan fingerprint density at radius 2 is 1.46 bits per heavy atom. The summed E-state index contributed by atoms with van der Waals surface area (Å²) >= 11 is 0. The highest BCUT2D eigenvalue weighted by Gasteiger charge is 2.15. The smallest absolute Gasteiger partial charge is 0.172 e. The average molecular weight is 326 g/mol. The number of aryl methyl sites for hydroxylation is 1. The quantitative estimate of drug-likeness (QED) is 0.495. The van der Waals surface area contributed by atoms with Crippen molar-refractivity contribution in [2.75, 3.05) is 0 Å². The van der Waals surface area contributed by atoms with Crippen molar-refractivity contribution >= 4 is 0 Å². The van der Waals surface area contributed by atoms with Crippen molar-refractivity contribution in [1.29, 1.82) is 0 Å². The largest absolute Gasteiger partial charge is 0.504 e. The topological polar surface area (TPSA) is 29.5 Å². The molecule has 24 heavy (non-hydrogen) atoms. The molecule has 0 aliphatic rings. The molecule has 0 saturated carbocycles. The van der Waals surface area contributed by atoms with Gasteiger partial charge in [-0.25, -0.2) is 0 Å². The van der Waals surface area contributed by atoms with Gasteiger partial charge in [0.25, 0.3) is 0 Å². The molecule has 2 rings (SSSR count). The lowest BCUT2D eigenvalue weighted by Crippen LogP contribution is -2.00. The van der Waals surface area contributed by atoms with Crippen LogP contribution in [-0.4, -0.2) is 5.11 Å². The SMILES string of the molecule is CCCCCc1ccc(O)c(Oc2ccccc2)c1CCCCC. The fourth-order valence-electron chi connectivity index (χ4n) is 3.00. The van der Waals surface area contributed by atoms with Crippen LogP contribution in [0.5, 0.6) is 17.2 Å². The van der Waals surface area contributed by atoms with Gasteiger partial charge in [-0.3, -0.25) is 0 Å². The fraction of sp³-hybridized carbons (Fsp3) is 0.455. The third kappa shape index (κ3) is 5.30. The van der Waals surface area contributed by atoms with Crippen LogP contribution in [0.15, 0.2) is 42.5 Å². The Hall–Kier alpha value is -1.96. The van der Waals surface area contributed by atoms with E-state index in [0.29, 0.717) is 5.75 Å². The normalized spacial score (nSPS) is 10.8. The minimum Gasteiger partial charge on any atom is -0.504 e. The van der Waals surface area contributed by atoms with Crippen LogP contribution in [0.3, 0.4) is 0 Å². The van der Waals surface area contributed by atoms with Crippen LogP contribution in [0.4, 0.5) is 0 Å². The third-order valence-corrected chi connectivity index (χ3v) is 4.38. The predicted molar refractivity (Wildman–Crippen MR) is 101 cm³/mol. The van der Waals surface area contributed by atoms with Gasteiger partial charge in [-0.05, 0) is 49.4 Å². The number of unbranched alkanes of at least 4 members (excludes halogenated alkanes) is 4. The zero-order valence-corrected chi connectivity index (χ0v) is 15.1. The number of hydrogen-bond donors (Lipinski definition) is 1. The highest BCUT2D eigenvalue weighted by molar-refractivity contribution is 5.52.